The number of nitrogens with zero attached hydrogens (tertiary/aromatic N) is 5. The first-order valence-corrected chi connectivity index (χ1v) is 9.12. The Morgan fingerprint density at radius 1 is 1.29 bits per heavy atom. The average Bonchev–Trinajstić information content (AvgIpc) is 2.66. The normalized spacial score (nSPS) is 12.0. The van der Waals surface area contributed by atoms with Gasteiger partial charge in [-0.25, -0.2) is 4.98 Å². The Labute approximate surface area is 169 Å². The SMILES string of the molecule is CCN(Cc1ccc(Cl)nc1)C(=NC)C(=NNc1c(C)cccc1C)[N+](=O)[O-]. The topological polar surface area (TPSA) is 96.0 Å². The zero-order valence-corrected chi connectivity index (χ0v) is 17.1. The predicted octanol–water partition coefficient (Wildman–Crippen LogP) is 3.90. The lowest BCUT2D eigenvalue weighted by Crippen LogP contribution is -2.40. The molecule has 28 heavy (non-hydrogen) atoms. The Bertz CT molecular complexity index is 876. The summed E-state index contributed by atoms with van der Waals surface area (Å²) >= 11 is 5.82. The molecule has 0 saturated heterocycles. The van der Waals surface area contributed by atoms with E-state index in [1.165, 1.54) is 7.05 Å². The quantitative estimate of drug-likeness (QED) is 0.269. The van der Waals surface area contributed by atoms with Gasteiger partial charge in [-0.05, 0) is 48.5 Å². The molecule has 9 heteroatoms. The number of hydrazone groups is 1. The van der Waals surface area contributed by atoms with E-state index in [0.717, 1.165) is 22.4 Å². The van der Waals surface area contributed by atoms with Gasteiger partial charge in [-0.15, -0.1) is 0 Å². The monoisotopic (exact) mass is 402 g/mol. The van der Waals surface area contributed by atoms with Crippen molar-refractivity contribution in [1.29, 1.82) is 0 Å². The minimum Gasteiger partial charge on any atom is -0.358 e. The number of halogens is 1. The van der Waals surface area contributed by atoms with Crippen LogP contribution in [0.4, 0.5) is 5.69 Å². The number of hydrogen-bond acceptors (Lipinski definition) is 6. The van der Waals surface area contributed by atoms with Crippen molar-refractivity contribution in [1.82, 2.24) is 9.88 Å². The summed E-state index contributed by atoms with van der Waals surface area (Å²) in [7, 11) is 1.51. The van der Waals surface area contributed by atoms with Gasteiger partial charge in [-0.2, -0.15) is 5.43 Å². The Morgan fingerprint density at radius 2 is 1.96 bits per heavy atom. The molecule has 0 amide bonds. The number of pyridine rings is 1. The summed E-state index contributed by atoms with van der Waals surface area (Å²) in [5, 5.41) is 16.2. The Hall–Kier alpha value is -3.00. The second kappa shape index (κ2) is 9.80. The van der Waals surface area contributed by atoms with Gasteiger partial charge in [-0.3, -0.25) is 4.99 Å². The van der Waals surface area contributed by atoms with E-state index in [9.17, 15) is 10.1 Å². The highest BCUT2D eigenvalue weighted by atomic mass is 35.5. The third kappa shape index (κ3) is 5.26. The zero-order valence-electron chi connectivity index (χ0n) is 16.3. The van der Waals surface area contributed by atoms with Crippen LogP contribution in [0.2, 0.25) is 5.15 Å². The molecule has 0 aliphatic heterocycles. The van der Waals surface area contributed by atoms with Crippen LogP contribution in [0.15, 0.2) is 46.6 Å². The largest absolute Gasteiger partial charge is 0.430 e. The average molecular weight is 403 g/mol. The number of nitrogens with one attached hydrogen (secondary N) is 1. The summed E-state index contributed by atoms with van der Waals surface area (Å²) in [6, 6.07) is 9.25. The van der Waals surface area contributed by atoms with Crippen molar-refractivity contribution in [2.24, 2.45) is 10.1 Å². The smallest absolute Gasteiger partial charge is 0.358 e. The highest BCUT2D eigenvalue weighted by Gasteiger charge is 2.27. The van der Waals surface area contributed by atoms with Gasteiger partial charge in [0.15, 0.2) is 0 Å². The van der Waals surface area contributed by atoms with Crippen molar-refractivity contribution >= 4 is 29.0 Å². The summed E-state index contributed by atoms with van der Waals surface area (Å²) in [5.41, 5.74) is 6.32. The standard InChI is InChI=1S/C19H23ClN6O2/c1-5-25(12-15-9-10-16(20)22-11-15)18(21-4)19(26(27)28)24-23-17-13(2)7-6-8-14(17)3/h6-11,23H,5,12H2,1-4H3. The third-order valence-electron chi connectivity index (χ3n) is 4.18. The van der Waals surface area contributed by atoms with Gasteiger partial charge in [0.2, 0.25) is 5.84 Å². The van der Waals surface area contributed by atoms with Crippen LogP contribution in [0.3, 0.4) is 0 Å². The Balaban J connectivity index is 2.32. The molecule has 0 saturated carbocycles. The van der Waals surface area contributed by atoms with Crippen molar-refractivity contribution in [2.45, 2.75) is 27.3 Å². The number of aromatic nitrogens is 1. The fourth-order valence-electron chi connectivity index (χ4n) is 2.71. The van der Waals surface area contributed by atoms with E-state index in [1.54, 1.807) is 17.2 Å². The lowest BCUT2D eigenvalue weighted by Gasteiger charge is -2.22. The molecule has 0 aliphatic rings. The molecule has 8 nitrogen and oxygen atoms in total. The van der Waals surface area contributed by atoms with Crippen LogP contribution >= 0.6 is 11.6 Å². The second-order valence-electron chi connectivity index (χ2n) is 6.12. The maximum atomic E-state index is 11.7. The molecular formula is C19H23ClN6O2. The maximum absolute atomic E-state index is 11.7. The van der Waals surface area contributed by atoms with Crippen LogP contribution in [0, 0.1) is 24.0 Å². The number of para-hydroxylation sites is 1. The number of nitro groups is 1. The number of rotatable bonds is 5. The lowest BCUT2D eigenvalue weighted by molar-refractivity contribution is -0.346. The first kappa shape index (κ1) is 21.3. The van der Waals surface area contributed by atoms with Crippen LogP contribution in [0.5, 0.6) is 0 Å². The summed E-state index contributed by atoms with van der Waals surface area (Å²) in [4.78, 5) is 21.1. The van der Waals surface area contributed by atoms with E-state index < -0.39 is 4.92 Å². The molecular weight excluding hydrogens is 380 g/mol. The van der Waals surface area contributed by atoms with Crippen molar-refractivity contribution in [2.75, 3.05) is 19.0 Å². The molecule has 0 atom stereocenters. The Morgan fingerprint density at radius 3 is 2.46 bits per heavy atom. The molecule has 0 radical (unpaired) electrons. The van der Waals surface area contributed by atoms with E-state index in [0.29, 0.717) is 18.2 Å². The molecule has 1 aromatic carbocycles. The van der Waals surface area contributed by atoms with Gasteiger partial charge >= 0.3 is 5.84 Å². The van der Waals surface area contributed by atoms with Crippen molar-refractivity contribution < 1.29 is 4.92 Å². The summed E-state index contributed by atoms with van der Waals surface area (Å²) < 4.78 is 0. The van der Waals surface area contributed by atoms with E-state index in [-0.39, 0.29) is 11.7 Å². The fraction of sp³-hybridized carbons (Fsp3) is 0.316. The minimum absolute atomic E-state index is 0.182. The van der Waals surface area contributed by atoms with Crippen LogP contribution < -0.4 is 5.43 Å². The van der Waals surface area contributed by atoms with Crippen molar-refractivity contribution in [3.05, 3.63) is 68.5 Å². The minimum atomic E-state index is -0.536. The molecule has 0 fully saturated rings. The van der Waals surface area contributed by atoms with Gasteiger partial charge in [0, 0.05) is 26.3 Å². The second-order valence-corrected chi connectivity index (χ2v) is 6.51. The molecule has 148 valence electrons. The third-order valence-corrected chi connectivity index (χ3v) is 4.41. The highest BCUT2D eigenvalue weighted by molar-refractivity contribution is 6.37. The summed E-state index contributed by atoms with van der Waals surface area (Å²) in [5.74, 6) is -0.171. The van der Waals surface area contributed by atoms with E-state index in [2.05, 4.69) is 20.5 Å². The number of aryl methyl sites for hydroxylation is 2. The van der Waals surface area contributed by atoms with Crippen molar-refractivity contribution in [3.8, 4) is 0 Å². The number of benzene rings is 1. The summed E-state index contributed by atoms with van der Waals surface area (Å²) in [6.45, 7) is 6.62. The zero-order chi connectivity index (χ0) is 20.7. The molecule has 0 aliphatic carbocycles. The van der Waals surface area contributed by atoms with Gasteiger partial charge in [0.1, 0.15) is 5.15 Å². The predicted molar refractivity (Wildman–Crippen MR) is 113 cm³/mol. The van der Waals surface area contributed by atoms with Crippen LogP contribution in [0.1, 0.15) is 23.6 Å². The molecule has 0 spiro atoms. The first-order chi connectivity index (χ1) is 13.4. The molecule has 1 heterocycles. The summed E-state index contributed by atoms with van der Waals surface area (Å²) in [6.07, 6.45) is 1.64. The molecule has 2 aromatic rings. The van der Waals surface area contributed by atoms with E-state index >= 15 is 0 Å². The van der Waals surface area contributed by atoms with Crippen molar-refractivity contribution in [3.63, 3.8) is 0 Å². The van der Waals surface area contributed by atoms with Crippen LogP contribution in [-0.2, 0) is 6.54 Å². The fourth-order valence-corrected chi connectivity index (χ4v) is 2.82. The van der Waals surface area contributed by atoms with E-state index in [1.807, 2.05) is 45.0 Å². The van der Waals surface area contributed by atoms with Gasteiger partial charge in [0.25, 0.3) is 0 Å². The van der Waals surface area contributed by atoms with Gasteiger partial charge in [-0.1, -0.05) is 35.9 Å². The highest BCUT2D eigenvalue weighted by Crippen LogP contribution is 2.19. The number of aliphatic imine (C=N–C) groups is 1. The number of amidine groups is 2. The van der Waals surface area contributed by atoms with Crippen LogP contribution in [-0.4, -0.2) is 40.1 Å². The molecule has 0 bridgehead atoms. The molecule has 1 aromatic heterocycles. The molecule has 0 unspecified atom stereocenters. The maximum Gasteiger partial charge on any atom is 0.430 e. The Kier molecular flexibility index (Phi) is 7.45. The van der Waals surface area contributed by atoms with Gasteiger partial charge in [0.05, 0.1) is 10.8 Å². The number of likely N-dealkylation sites (N-methyl/N-ethyl adjacent to an activating group) is 1. The van der Waals surface area contributed by atoms with E-state index in [4.69, 9.17) is 11.6 Å². The number of hydrogen-bond donors (Lipinski definition) is 1. The van der Waals surface area contributed by atoms with Gasteiger partial charge < -0.3 is 15.0 Å². The lowest BCUT2D eigenvalue weighted by atomic mass is 10.1. The van der Waals surface area contributed by atoms with Crippen LogP contribution in [0.25, 0.3) is 0 Å². The first-order valence-electron chi connectivity index (χ1n) is 8.74. The number of anilines is 1. The molecule has 1 N–H and O–H groups in total. The molecule has 2 rings (SSSR count).